The van der Waals surface area contributed by atoms with Gasteiger partial charge in [0, 0.05) is 18.2 Å². The first-order valence-corrected chi connectivity index (χ1v) is 7.77. The molecule has 3 rings (SSSR count). The Kier molecular flexibility index (Phi) is 5.89. The number of aromatic hydroxyl groups is 1. The molecule has 1 aliphatic carbocycles. The topological polar surface area (TPSA) is 32.3 Å². The van der Waals surface area contributed by atoms with E-state index in [2.05, 4.69) is 17.4 Å². The number of rotatable bonds is 3. The molecule has 0 unspecified atom stereocenters. The number of benzene rings is 2. The highest BCUT2D eigenvalue weighted by atomic mass is 35.5. The molecule has 1 aliphatic rings. The highest BCUT2D eigenvalue weighted by molar-refractivity contribution is 5.87. The minimum atomic E-state index is 0. The lowest BCUT2D eigenvalue weighted by molar-refractivity contribution is 0.439. The number of nitrogens with one attached hydrogen (secondary N) is 1. The van der Waals surface area contributed by atoms with Crippen LogP contribution >= 0.6 is 12.4 Å². The Morgan fingerprint density at radius 3 is 2.43 bits per heavy atom. The van der Waals surface area contributed by atoms with Gasteiger partial charge in [-0.05, 0) is 29.7 Å². The van der Waals surface area contributed by atoms with Crippen LogP contribution in [0.2, 0.25) is 0 Å². The molecule has 1 saturated carbocycles. The number of phenolic OH excluding ortho intramolecular Hbond substituents is 1. The molecule has 0 bridgehead atoms. The average molecular weight is 306 g/mol. The predicted octanol–water partition coefficient (Wildman–Crippen LogP) is 4.78. The van der Waals surface area contributed by atoms with Crippen molar-refractivity contribution in [3.8, 4) is 5.75 Å². The van der Waals surface area contributed by atoms with E-state index in [0.717, 1.165) is 17.5 Å². The highest BCUT2D eigenvalue weighted by Crippen LogP contribution is 2.27. The molecule has 0 atom stereocenters. The van der Waals surface area contributed by atoms with Gasteiger partial charge in [0.05, 0.1) is 0 Å². The smallest absolute Gasteiger partial charge is 0.120 e. The van der Waals surface area contributed by atoms with Gasteiger partial charge in [-0.2, -0.15) is 0 Å². The molecule has 0 aromatic heterocycles. The number of hydrogen-bond donors (Lipinski definition) is 2. The molecule has 0 heterocycles. The van der Waals surface area contributed by atoms with E-state index in [1.54, 1.807) is 0 Å². The fourth-order valence-corrected chi connectivity index (χ4v) is 3.24. The van der Waals surface area contributed by atoms with Crippen LogP contribution in [-0.4, -0.2) is 11.1 Å². The van der Waals surface area contributed by atoms with Gasteiger partial charge in [-0.3, -0.25) is 0 Å². The van der Waals surface area contributed by atoms with E-state index in [4.69, 9.17) is 0 Å². The van der Waals surface area contributed by atoms with Crippen LogP contribution in [0.1, 0.15) is 44.1 Å². The molecule has 2 nitrogen and oxygen atoms in total. The highest BCUT2D eigenvalue weighted by Gasteiger charge is 2.13. The van der Waals surface area contributed by atoms with Gasteiger partial charge in [0.1, 0.15) is 5.75 Å². The summed E-state index contributed by atoms with van der Waals surface area (Å²) in [5.74, 6) is 0.407. The molecule has 0 amide bonds. The summed E-state index contributed by atoms with van der Waals surface area (Å²) in [4.78, 5) is 0. The van der Waals surface area contributed by atoms with Gasteiger partial charge in [-0.15, -0.1) is 12.4 Å². The third-order valence-corrected chi connectivity index (χ3v) is 4.44. The molecular formula is C18H24ClNO. The second-order valence-electron chi connectivity index (χ2n) is 5.85. The van der Waals surface area contributed by atoms with Gasteiger partial charge < -0.3 is 10.4 Å². The molecule has 0 spiro atoms. The Morgan fingerprint density at radius 2 is 1.67 bits per heavy atom. The Hall–Kier alpha value is -1.25. The van der Waals surface area contributed by atoms with Crippen molar-refractivity contribution in [2.75, 3.05) is 0 Å². The molecule has 0 radical (unpaired) electrons. The second kappa shape index (κ2) is 7.67. The SMILES string of the molecule is Cl.Oc1ccc2ccccc2c1CNC1CCCCCC1. The van der Waals surface area contributed by atoms with Crippen molar-refractivity contribution in [3.63, 3.8) is 0 Å². The van der Waals surface area contributed by atoms with Gasteiger partial charge in [-0.25, -0.2) is 0 Å². The molecular weight excluding hydrogens is 282 g/mol. The molecule has 1 fully saturated rings. The summed E-state index contributed by atoms with van der Waals surface area (Å²) in [6.07, 6.45) is 7.95. The summed E-state index contributed by atoms with van der Waals surface area (Å²) in [6, 6.07) is 12.7. The fraction of sp³-hybridized carbons (Fsp3) is 0.444. The maximum Gasteiger partial charge on any atom is 0.120 e. The van der Waals surface area contributed by atoms with Crippen molar-refractivity contribution in [1.29, 1.82) is 0 Å². The van der Waals surface area contributed by atoms with Crippen LogP contribution in [0.15, 0.2) is 36.4 Å². The van der Waals surface area contributed by atoms with E-state index < -0.39 is 0 Å². The minimum absolute atomic E-state index is 0. The number of phenols is 1. The van der Waals surface area contributed by atoms with Crippen molar-refractivity contribution >= 4 is 23.2 Å². The summed E-state index contributed by atoms with van der Waals surface area (Å²) in [5, 5.41) is 16.2. The normalized spacial score (nSPS) is 16.4. The zero-order valence-electron chi connectivity index (χ0n) is 12.3. The number of hydrogen-bond acceptors (Lipinski definition) is 2. The van der Waals surface area contributed by atoms with Crippen LogP contribution < -0.4 is 5.32 Å². The first-order valence-electron chi connectivity index (χ1n) is 7.77. The first kappa shape index (κ1) is 16.1. The Balaban J connectivity index is 0.00000161. The van der Waals surface area contributed by atoms with Crippen molar-refractivity contribution in [3.05, 3.63) is 42.0 Å². The van der Waals surface area contributed by atoms with Crippen molar-refractivity contribution in [1.82, 2.24) is 5.32 Å². The van der Waals surface area contributed by atoms with Gasteiger partial charge in [0.15, 0.2) is 0 Å². The molecule has 2 N–H and O–H groups in total. The Morgan fingerprint density at radius 1 is 0.952 bits per heavy atom. The van der Waals surface area contributed by atoms with Crippen LogP contribution in [0, 0.1) is 0 Å². The standard InChI is InChI=1S/C18H23NO.ClH/c20-18-12-11-14-7-5-6-10-16(14)17(18)13-19-15-8-3-1-2-4-9-15;/h5-7,10-12,15,19-20H,1-4,8-9,13H2;1H. The van der Waals surface area contributed by atoms with Gasteiger partial charge >= 0.3 is 0 Å². The maximum atomic E-state index is 10.2. The monoisotopic (exact) mass is 305 g/mol. The first-order chi connectivity index (χ1) is 9.84. The fourth-order valence-electron chi connectivity index (χ4n) is 3.24. The van der Waals surface area contributed by atoms with Crippen LogP contribution in [0.4, 0.5) is 0 Å². The van der Waals surface area contributed by atoms with Crippen molar-refractivity contribution in [2.45, 2.75) is 51.1 Å². The minimum Gasteiger partial charge on any atom is -0.508 e. The van der Waals surface area contributed by atoms with E-state index in [1.165, 1.54) is 43.9 Å². The Bertz CT molecular complexity index is 576. The lowest BCUT2D eigenvalue weighted by Gasteiger charge is -2.17. The molecule has 3 heteroatoms. The summed E-state index contributed by atoms with van der Waals surface area (Å²) in [5.41, 5.74) is 1.03. The molecule has 0 aliphatic heterocycles. The average Bonchev–Trinajstić information content (AvgIpc) is 2.75. The van der Waals surface area contributed by atoms with E-state index in [9.17, 15) is 5.11 Å². The van der Waals surface area contributed by atoms with Crippen molar-refractivity contribution < 1.29 is 5.11 Å². The maximum absolute atomic E-state index is 10.2. The van der Waals surface area contributed by atoms with Crippen LogP contribution in [0.5, 0.6) is 5.75 Å². The largest absolute Gasteiger partial charge is 0.508 e. The third kappa shape index (κ3) is 3.90. The van der Waals surface area contributed by atoms with E-state index in [-0.39, 0.29) is 12.4 Å². The third-order valence-electron chi connectivity index (χ3n) is 4.44. The lowest BCUT2D eigenvalue weighted by atomic mass is 10.0. The van der Waals surface area contributed by atoms with Crippen LogP contribution in [-0.2, 0) is 6.54 Å². The summed E-state index contributed by atoms with van der Waals surface area (Å²) in [7, 11) is 0. The van der Waals surface area contributed by atoms with E-state index >= 15 is 0 Å². The van der Waals surface area contributed by atoms with Gasteiger partial charge in [0.2, 0.25) is 0 Å². The Labute approximate surface area is 133 Å². The van der Waals surface area contributed by atoms with Crippen LogP contribution in [0.3, 0.4) is 0 Å². The van der Waals surface area contributed by atoms with E-state index in [0.29, 0.717) is 11.8 Å². The summed E-state index contributed by atoms with van der Waals surface area (Å²) < 4.78 is 0. The van der Waals surface area contributed by atoms with E-state index in [1.807, 2.05) is 24.3 Å². The zero-order chi connectivity index (χ0) is 13.8. The molecule has 21 heavy (non-hydrogen) atoms. The number of halogens is 1. The zero-order valence-corrected chi connectivity index (χ0v) is 13.2. The molecule has 2 aromatic rings. The van der Waals surface area contributed by atoms with Gasteiger partial charge in [0.25, 0.3) is 0 Å². The van der Waals surface area contributed by atoms with Crippen LogP contribution in [0.25, 0.3) is 10.8 Å². The molecule has 2 aromatic carbocycles. The van der Waals surface area contributed by atoms with Gasteiger partial charge in [-0.1, -0.05) is 56.0 Å². The quantitative estimate of drug-likeness (QED) is 0.800. The number of fused-ring (bicyclic) bond motifs is 1. The molecule has 0 saturated heterocycles. The molecule has 114 valence electrons. The van der Waals surface area contributed by atoms with Crippen molar-refractivity contribution in [2.24, 2.45) is 0 Å². The predicted molar refractivity (Wildman–Crippen MR) is 91.2 cm³/mol. The second-order valence-corrected chi connectivity index (χ2v) is 5.85. The lowest BCUT2D eigenvalue weighted by Crippen LogP contribution is -2.27. The summed E-state index contributed by atoms with van der Waals surface area (Å²) >= 11 is 0. The summed E-state index contributed by atoms with van der Waals surface area (Å²) in [6.45, 7) is 0.762.